The molecule has 1 heterocycles. The van der Waals surface area contributed by atoms with E-state index in [1.807, 2.05) is 60.7 Å². The number of amides is 2. The lowest BCUT2D eigenvalue weighted by molar-refractivity contribution is -0.139. The van der Waals surface area contributed by atoms with Gasteiger partial charge in [-0.05, 0) is 11.1 Å². The van der Waals surface area contributed by atoms with Crippen molar-refractivity contribution in [2.45, 2.75) is 13.1 Å². The first-order chi connectivity index (χ1) is 12.2. The predicted molar refractivity (Wildman–Crippen MR) is 94.5 cm³/mol. The van der Waals surface area contributed by atoms with E-state index < -0.39 is 0 Å². The Hall–Kier alpha value is -2.66. The molecule has 0 N–H and O–H groups in total. The maximum absolute atomic E-state index is 12.4. The first-order valence-electron chi connectivity index (χ1n) is 8.43. The quantitative estimate of drug-likeness (QED) is 0.858. The molecule has 2 amide bonds. The fourth-order valence-electron chi connectivity index (χ4n) is 2.84. The molecule has 0 unspecified atom stereocenters. The molecule has 2 aromatic rings. The zero-order valence-electron chi connectivity index (χ0n) is 14.1. The number of rotatable bonds is 4. The summed E-state index contributed by atoms with van der Waals surface area (Å²) in [6.45, 7) is 1.92. The van der Waals surface area contributed by atoms with Crippen LogP contribution in [0, 0.1) is 0 Å². The standard InChI is InChI=1S/C20H22N2O3/c23-19-15-25-16-20(24)22(14-18-9-5-2-6-10-18)12-11-21(19)13-17-7-3-1-4-8-17/h1-10H,11-16H2. The number of hydrogen-bond acceptors (Lipinski definition) is 3. The Kier molecular flexibility index (Phi) is 5.80. The fraction of sp³-hybridized carbons (Fsp3) is 0.300. The average Bonchev–Trinajstić information content (AvgIpc) is 2.70. The molecule has 130 valence electrons. The van der Waals surface area contributed by atoms with Gasteiger partial charge in [-0.15, -0.1) is 0 Å². The third-order valence-corrected chi connectivity index (χ3v) is 4.23. The van der Waals surface area contributed by atoms with E-state index in [0.717, 1.165) is 11.1 Å². The highest BCUT2D eigenvalue weighted by atomic mass is 16.5. The molecule has 5 nitrogen and oxygen atoms in total. The third kappa shape index (κ3) is 4.90. The lowest BCUT2D eigenvalue weighted by Gasteiger charge is -2.26. The van der Waals surface area contributed by atoms with Gasteiger partial charge >= 0.3 is 0 Å². The van der Waals surface area contributed by atoms with Gasteiger partial charge in [-0.25, -0.2) is 0 Å². The van der Waals surface area contributed by atoms with Crippen LogP contribution in [0.2, 0.25) is 0 Å². The van der Waals surface area contributed by atoms with E-state index in [-0.39, 0.29) is 25.0 Å². The van der Waals surface area contributed by atoms with Gasteiger partial charge < -0.3 is 14.5 Å². The zero-order valence-corrected chi connectivity index (χ0v) is 14.1. The normalized spacial score (nSPS) is 16.3. The zero-order chi connectivity index (χ0) is 17.5. The van der Waals surface area contributed by atoms with Crippen molar-refractivity contribution in [2.75, 3.05) is 26.3 Å². The van der Waals surface area contributed by atoms with Crippen molar-refractivity contribution in [3.63, 3.8) is 0 Å². The van der Waals surface area contributed by atoms with Crippen molar-refractivity contribution < 1.29 is 14.3 Å². The van der Waals surface area contributed by atoms with Crippen molar-refractivity contribution in [3.8, 4) is 0 Å². The first kappa shape index (κ1) is 17.2. The molecule has 0 bridgehead atoms. The Balaban J connectivity index is 1.70. The summed E-state index contributed by atoms with van der Waals surface area (Å²) in [5.74, 6) is -0.170. The van der Waals surface area contributed by atoms with E-state index in [1.54, 1.807) is 9.80 Å². The topological polar surface area (TPSA) is 49.9 Å². The Morgan fingerprint density at radius 1 is 0.680 bits per heavy atom. The molecule has 5 heteroatoms. The van der Waals surface area contributed by atoms with E-state index in [0.29, 0.717) is 26.2 Å². The van der Waals surface area contributed by atoms with Crippen LogP contribution in [-0.4, -0.2) is 47.9 Å². The molecule has 0 saturated carbocycles. The molecule has 3 rings (SSSR count). The summed E-state index contributed by atoms with van der Waals surface area (Å²) in [4.78, 5) is 28.2. The van der Waals surface area contributed by atoms with Crippen LogP contribution in [0.15, 0.2) is 60.7 Å². The van der Waals surface area contributed by atoms with Gasteiger partial charge in [0.25, 0.3) is 0 Å². The second-order valence-corrected chi connectivity index (χ2v) is 6.09. The summed E-state index contributed by atoms with van der Waals surface area (Å²) in [6, 6.07) is 19.7. The van der Waals surface area contributed by atoms with Crippen LogP contribution in [-0.2, 0) is 27.4 Å². The smallest absolute Gasteiger partial charge is 0.248 e. The number of nitrogens with zero attached hydrogens (tertiary/aromatic N) is 2. The maximum Gasteiger partial charge on any atom is 0.248 e. The van der Waals surface area contributed by atoms with Crippen LogP contribution in [0.1, 0.15) is 11.1 Å². The largest absolute Gasteiger partial charge is 0.362 e. The lowest BCUT2D eigenvalue weighted by atomic mass is 10.2. The molecule has 1 aliphatic rings. The molecule has 0 spiro atoms. The van der Waals surface area contributed by atoms with Crippen LogP contribution < -0.4 is 0 Å². The third-order valence-electron chi connectivity index (χ3n) is 4.23. The average molecular weight is 338 g/mol. The molecule has 1 aliphatic heterocycles. The number of ether oxygens (including phenoxy) is 1. The van der Waals surface area contributed by atoms with Crippen molar-refractivity contribution in [1.29, 1.82) is 0 Å². The van der Waals surface area contributed by atoms with Crippen LogP contribution in [0.25, 0.3) is 0 Å². The monoisotopic (exact) mass is 338 g/mol. The molecule has 0 atom stereocenters. The summed E-state index contributed by atoms with van der Waals surface area (Å²) in [5, 5.41) is 0. The molecule has 1 fully saturated rings. The number of carbonyl (C=O) groups is 2. The molecule has 25 heavy (non-hydrogen) atoms. The Morgan fingerprint density at radius 2 is 1.08 bits per heavy atom. The van der Waals surface area contributed by atoms with Crippen molar-refractivity contribution in [1.82, 2.24) is 9.80 Å². The van der Waals surface area contributed by atoms with Gasteiger partial charge in [-0.2, -0.15) is 0 Å². The second kappa shape index (κ2) is 8.44. The summed E-state index contributed by atoms with van der Waals surface area (Å²) in [6.07, 6.45) is 0. The van der Waals surface area contributed by atoms with E-state index in [9.17, 15) is 9.59 Å². The lowest BCUT2D eigenvalue weighted by Crippen LogP contribution is -2.40. The molecule has 0 aromatic heterocycles. The number of carbonyl (C=O) groups excluding carboxylic acids is 2. The Labute approximate surface area is 147 Å². The van der Waals surface area contributed by atoms with Crippen molar-refractivity contribution in [2.24, 2.45) is 0 Å². The van der Waals surface area contributed by atoms with Gasteiger partial charge in [0.05, 0.1) is 0 Å². The highest BCUT2D eigenvalue weighted by Gasteiger charge is 2.22. The van der Waals surface area contributed by atoms with E-state index >= 15 is 0 Å². The summed E-state index contributed by atoms with van der Waals surface area (Å²) in [5.41, 5.74) is 2.13. The van der Waals surface area contributed by atoms with Crippen LogP contribution >= 0.6 is 0 Å². The van der Waals surface area contributed by atoms with Gasteiger partial charge in [0.15, 0.2) is 0 Å². The molecule has 0 aliphatic carbocycles. The molecule has 0 radical (unpaired) electrons. The van der Waals surface area contributed by atoms with E-state index in [4.69, 9.17) is 4.74 Å². The minimum atomic E-state index is -0.0850. The van der Waals surface area contributed by atoms with Crippen molar-refractivity contribution in [3.05, 3.63) is 71.8 Å². The molecular formula is C20H22N2O3. The summed E-state index contributed by atoms with van der Waals surface area (Å²) < 4.78 is 5.33. The van der Waals surface area contributed by atoms with Gasteiger partial charge in [0.2, 0.25) is 11.8 Å². The number of benzene rings is 2. The fourth-order valence-corrected chi connectivity index (χ4v) is 2.84. The molecular weight excluding hydrogens is 316 g/mol. The van der Waals surface area contributed by atoms with Gasteiger partial charge in [0, 0.05) is 26.2 Å². The Bertz CT molecular complexity index is 642. The van der Waals surface area contributed by atoms with Crippen LogP contribution in [0.3, 0.4) is 0 Å². The first-order valence-corrected chi connectivity index (χ1v) is 8.43. The van der Waals surface area contributed by atoms with Gasteiger partial charge in [0.1, 0.15) is 13.2 Å². The van der Waals surface area contributed by atoms with Gasteiger partial charge in [-0.1, -0.05) is 60.7 Å². The van der Waals surface area contributed by atoms with E-state index in [1.165, 1.54) is 0 Å². The highest BCUT2D eigenvalue weighted by Crippen LogP contribution is 2.10. The second-order valence-electron chi connectivity index (χ2n) is 6.09. The predicted octanol–water partition coefficient (Wildman–Crippen LogP) is 2.07. The van der Waals surface area contributed by atoms with Gasteiger partial charge in [-0.3, -0.25) is 9.59 Å². The van der Waals surface area contributed by atoms with Crippen molar-refractivity contribution >= 4 is 11.8 Å². The van der Waals surface area contributed by atoms with Crippen LogP contribution in [0.4, 0.5) is 0 Å². The Morgan fingerprint density at radius 3 is 1.48 bits per heavy atom. The van der Waals surface area contributed by atoms with Crippen LogP contribution in [0.5, 0.6) is 0 Å². The minimum absolute atomic E-state index is 0.0578. The summed E-state index contributed by atoms with van der Waals surface area (Å²) in [7, 11) is 0. The summed E-state index contributed by atoms with van der Waals surface area (Å²) >= 11 is 0. The molecule has 1 saturated heterocycles. The SMILES string of the molecule is O=C1COCC(=O)N(Cc2ccccc2)CCN1Cc1ccccc1. The minimum Gasteiger partial charge on any atom is -0.362 e. The number of hydrogen-bond donors (Lipinski definition) is 0. The molecule has 2 aromatic carbocycles. The maximum atomic E-state index is 12.4. The van der Waals surface area contributed by atoms with E-state index in [2.05, 4.69) is 0 Å². The highest BCUT2D eigenvalue weighted by molar-refractivity contribution is 5.80.